The summed E-state index contributed by atoms with van der Waals surface area (Å²) in [4.78, 5) is 9.73. The zero-order valence-electron chi connectivity index (χ0n) is 23.8. The quantitative estimate of drug-likeness (QED) is 0.272. The number of anilines is 2. The molecule has 4 nitrogen and oxygen atoms in total. The van der Waals surface area contributed by atoms with Gasteiger partial charge in [-0.15, -0.1) is 0 Å². The lowest BCUT2D eigenvalue weighted by Gasteiger charge is -2.30. The van der Waals surface area contributed by atoms with E-state index in [1.807, 2.05) is 30.3 Å². The van der Waals surface area contributed by atoms with Crippen molar-refractivity contribution in [2.75, 3.05) is 22.9 Å². The van der Waals surface area contributed by atoms with E-state index < -0.39 is 0 Å². The molecule has 1 N–H and O–H groups in total. The smallest absolute Gasteiger partial charge is 0.124 e. The number of benzene rings is 4. The van der Waals surface area contributed by atoms with Crippen molar-refractivity contribution in [2.24, 2.45) is 4.99 Å². The van der Waals surface area contributed by atoms with Gasteiger partial charge in [0.05, 0.1) is 5.69 Å². The molecule has 1 saturated heterocycles. The van der Waals surface area contributed by atoms with Crippen LogP contribution in [0.4, 0.5) is 17.1 Å². The van der Waals surface area contributed by atoms with Crippen LogP contribution in [0.5, 0.6) is 5.75 Å². The lowest BCUT2D eigenvalue weighted by Crippen LogP contribution is -2.25. The van der Waals surface area contributed by atoms with Crippen molar-refractivity contribution in [1.29, 1.82) is 0 Å². The summed E-state index contributed by atoms with van der Waals surface area (Å²) in [5, 5.41) is 10.2. The first kappa shape index (κ1) is 26.3. The Bertz CT molecular complexity index is 1480. The molecule has 0 aliphatic carbocycles. The Morgan fingerprint density at radius 1 is 0.641 bits per heavy atom. The van der Waals surface area contributed by atoms with Crippen LogP contribution < -0.4 is 9.80 Å². The van der Waals surface area contributed by atoms with E-state index in [2.05, 4.69) is 93.8 Å². The summed E-state index contributed by atoms with van der Waals surface area (Å²) in [5.41, 5.74) is 12.8. The molecule has 0 atom stereocenters. The third kappa shape index (κ3) is 5.33. The number of aliphatic imine (C=N–C) groups is 1. The molecule has 0 aromatic heterocycles. The second-order valence-corrected chi connectivity index (χ2v) is 10.7. The molecule has 0 unspecified atom stereocenters. The number of phenols is 1. The van der Waals surface area contributed by atoms with E-state index in [4.69, 9.17) is 4.99 Å². The van der Waals surface area contributed by atoms with Crippen LogP contribution in [0.25, 0.3) is 6.08 Å². The van der Waals surface area contributed by atoms with Crippen molar-refractivity contribution in [3.05, 3.63) is 123 Å². The first-order chi connectivity index (χ1) is 18.7. The van der Waals surface area contributed by atoms with Gasteiger partial charge in [0, 0.05) is 41.8 Å². The van der Waals surface area contributed by atoms with Crippen molar-refractivity contribution >= 4 is 29.4 Å². The van der Waals surface area contributed by atoms with E-state index in [0.717, 1.165) is 30.2 Å². The van der Waals surface area contributed by atoms with Crippen LogP contribution in [0.15, 0.2) is 83.6 Å². The minimum atomic E-state index is 0.223. The number of aryl methyl sites for hydroxylation is 6. The average Bonchev–Trinajstić information content (AvgIpc) is 3.25. The van der Waals surface area contributed by atoms with E-state index >= 15 is 0 Å². The maximum atomic E-state index is 10.2. The summed E-state index contributed by atoms with van der Waals surface area (Å²) in [6.07, 6.45) is 4.00. The fourth-order valence-electron chi connectivity index (χ4n) is 5.98. The SMILES string of the molecule is Cc1cc(C)c(N2CCN(c3c(C)cc(C)cc3C)C2=Cc2ccccc2N=Cc2ccccc2O)c(C)c1. The van der Waals surface area contributed by atoms with Crippen LogP contribution in [-0.4, -0.2) is 24.4 Å². The van der Waals surface area contributed by atoms with Gasteiger partial charge in [-0.2, -0.15) is 0 Å². The molecule has 1 aliphatic heterocycles. The predicted molar refractivity (Wildman–Crippen MR) is 166 cm³/mol. The van der Waals surface area contributed by atoms with Gasteiger partial charge in [-0.3, -0.25) is 4.99 Å². The molecule has 4 aromatic rings. The van der Waals surface area contributed by atoms with Crippen molar-refractivity contribution in [2.45, 2.75) is 41.5 Å². The number of aromatic hydroxyl groups is 1. The van der Waals surface area contributed by atoms with Crippen molar-refractivity contribution in [3.8, 4) is 5.75 Å². The molecule has 0 spiro atoms. The van der Waals surface area contributed by atoms with E-state index in [1.165, 1.54) is 44.8 Å². The standard InChI is InChI=1S/C35H37N3O/c1-23-17-25(3)34(26(4)18-23)37-15-16-38(35-27(5)19-24(2)20-28(35)6)33(37)21-29-11-7-9-13-31(29)36-22-30-12-8-10-14-32(30)39/h7-14,17-22,39H,15-16H2,1-6H3. The summed E-state index contributed by atoms with van der Waals surface area (Å²) in [6, 6.07) is 24.6. The van der Waals surface area contributed by atoms with Crippen molar-refractivity contribution in [1.82, 2.24) is 0 Å². The lowest BCUT2D eigenvalue weighted by molar-refractivity contribution is 0.474. The zero-order chi connectivity index (χ0) is 27.7. The Morgan fingerprint density at radius 2 is 1.10 bits per heavy atom. The maximum Gasteiger partial charge on any atom is 0.124 e. The van der Waals surface area contributed by atoms with Crippen LogP contribution in [0, 0.1) is 41.5 Å². The molecule has 1 fully saturated rings. The van der Waals surface area contributed by atoms with Gasteiger partial charge in [-0.25, -0.2) is 0 Å². The highest BCUT2D eigenvalue weighted by atomic mass is 16.3. The zero-order valence-corrected chi connectivity index (χ0v) is 23.8. The maximum absolute atomic E-state index is 10.2. The molecule has 1 aliphatic rings. The second kappa shape index (κ2) is 10.8. The molecule has 0 saturated carbocycles. The van der Waals surface area contributed by atoms with E-state index in [1.54, 1.807) is 12.3 Å². The summed E-state index contributed by atoms with van der Waals surface area (Å²) in [7, 11) is 0. The highest BCUT2D eigenvalue weighted by Crippen LogP contribution is 2.39. The van der Waals surface area contributed by atoms with Gasteiger partial charge in [0.15, 0.2) is 0 Å². The van der Waals surface area contributed by atoms with Gasteiger partial charge < -0.3 is 14.9 Å². The largest absolute Gasteiger partial charge is 0.507 e. The van der Waals surface area contributed by atoms with Crippen LogP contribution in [0.3, 0.4) is 0 Å². The molecular weight excluding hydrogens is 478 g/mol. The predicted octanol–water partition coefficient (Wildman–Crippen LogP) is 8.32. The summed E-state index contributed by atoms with van der Waals surface area (Å²) in [6.45, 7) is 15.0. The lowest BCUT2D eigenvalue weighted by atomic mass is 10.0. The fourth-order valence-corrected chi connectivity index (χ4v) is 5.98. The summed E-state index contributed by atoms with van der Waals surface area (Å²) >= 11 is 0. The first-order valence-corrected chi connectivity index (χ1v) is 13.6. The highest BCUT2D eigenvalue weighted by molar-refractivity contribution is 5.87. The van der Waals surface area contributed by atoms with Gasteiger partial charge >= 0.3 is 0 Å². The molecule has 5 rings (SSSR count). The van der Waals surface area contributed by atoms with Gasteiger partial charge in [0.2, 0.25) is 0 Å². The van der Waals surface area contributed by atoms with E-state index in [-0.39, 0.29) is 5.75 Å². The fraction of sp³-hybridized carbons (Fsp3) is 0.229. The Morgan fingerprint density at radius 3 is 1.62 bits per heavy atom. The molecule has 0 radical (unpaired) electrons. The number of rotatable bonds is 5. The van der Waals surface area contributed by atoms with Gasteiger partial charge in [0.1, 0.15) is 11.6 Å². The Labute approximate surface area is 232 Å². The van der Waals surface area contributed by atoms with E-state index in [9.17, 15) is 5.11 Å². The number of hydrogen-bond acceptors (Lipinski definition) is 4. The molecule has 0 amide bonds. The van der Waals surface area contributed by atoms with Crippen LogP contribution in [-0.2, 0) is 0 Å². The van der Waals surface area contributed by atoms with Crippen LogP contribution in [0.1, 0.15) is 44.5 Å². The minimum absolute atomic E-state index is 0.223. The second-order valence-electron chi connectivity index (χ2n) is 10.7. The summed E-state index contributed by atoms with van der Waals surface area (Å²) in [5.74, 6) is 1.37. The Kier molecular flexibility index (Phi) is 7.30. The topological polar surface area (TPSA) is 39.1 Å². The molecule has 4 heteroatoms. The number of hydrogen-bond donors (Lipinski definition) is 1. The van der Waals surface area contributed by atoms with Gasteiger partial charge in [-0.05, 0) is 88.1 Å². The van der Waals surface area contributed by atoms with E-state index in [0.29, 0.717) is 5.56 Å². The monoisotopic (exact) mass is 515 g/mol. The number of phenolic OH excluding ortho intramolecular Hbond substituents is 1. The summed E-state index contributed by atoms with van der Waals surface area (Å²) < 4.78 is 0. The minimum Gasteiger partial charge on any atom is -0.507 e. The third-order valence-electron chi connectivity index (χ3n) is 7.41. The first-order valence-electron chi connectivity index (χ1n) is 13.6. The van der Waals surface area contributed by atoms with Gasteiger partial charge in [0.25, 0.3) is 0 Å². The molecular formula is C35H37N3O. The number of para-hydroxylation sites is 2. The van der Waals surface area contributed by atoms with Crippen LogP contribution in [0.2, 0.25) is 0 Å². The van der Waals surface area contributed by atoms with Crippen LogP contribution >= 0.6 is 0 Å². The number of nitrogens with zero attached hydrogens (tertiary/aromatic N) is 3. The third-order valence-corrected chi connectivity index (χ3v) is 7.41. The highest BCUT2D eigenvalue weighted by Gasteiger charge is 2.31. The molecule has 198 valence electrons. The Hall–Kier alpha value is -4.31. The molecule has 1 heterocycles. The molecule has 39 heavy (non-hydrogen) atoms. The van der Waals surface area contributed by atoms with Crippen molar-refractivity contribution < 1.29 is 5.11 Å². The Balaban J connectivity index is 1.67. The van der Waals surface area contributed by atoms with Gasteiger partial charge in [-0.1, -0.05) is 65.7 Å². The average molecular weight is 516 g/mol. The molecule has 4 aromatic carbocycles. The van der Waals surface area contributed by atoms with Crippen molar-refractivity contribution in [3.63, 3.8) is 0 Å². The normalized spacial score (nSPS) is 13.5. The molecule has 0 bridgehead atoms.